The van der Waals surface area contributed by atoms with Crippen LogP contribution in [0.1, 0.15) is 22.3 Å². The number of hydrogen-bond acceptors (Lipinski definition) is 5. The van der Waals surface area contributed by atoms with Gasteiger partial charge in [-0.25, -0.2) is 4.68 Å². The topological polar surface area (TPSA) is 56.5 Å². The summed E-state index contributed by atoms with van der Waals surface area (Å²) < 4.78 is 5.64. The Morgan fingerprint density at radius 2 is 2.36 bits per heavy atom. The van der Waals surface area contributed by atoms with E-state index in [2.05, 4.69) is 35.8 Å². The van der Waals surface area contributed by atoms with Crippen LogP contribution in [0, 0.1) is 0 Å². The summed E-state index contributed by atoms with van der Waals surface area (Å²) >= 11 is 4.86. The van der Waals surface area contributed by atoms with Crippen molar-refractivity contribution in [3.8, 4) is 0 Å². The second-order valence-electron chi connectivity index (χ2n) is 2.82. The third-order valence-electron chi connectivity index (χ3n) is 1.77. The van der Waals surface area contributed by atoms with E-state index in [1.165, 1.54) is 11.5 Å². The smallest absolute Gasteiger partial charge is 0.0805 e. The third kappa shape index (κ3) is 1.98. The molecule has 0 amide bonds. The van der Waals surface area contributed by atoms with Gasteiger partial charge >= 0.3 is 0 Å². The minimum atomic E-state index is 0.249. The average Bonchev–Trinajstić information content (AvgIpc) is 2.75. The molecule has 2 aromatic rings. The molecule has 0 aliphatic carbocycles. The highest BCUT2D eigenvalue weighted by atomic mass is 79.9. The van der Waals surface area contributed by atoms with Crippen molar-refractivity contribution in [3.05, 3.63) is 23.0 Å². The number of nitrogens with zero attached hydrogens (tertiary/aromatic N) is 5. The number of halogens is 1. The van der Waals surface area contributed by atoms with Gasteiger partial charge in [0, 0.05) is 0 Å². The third-order valence-corrected chi connectivity index (χ3v) is 2.88. The molecule has 2 aromatic heterocycles. The Morgan fingerprint density at radius 3 is 3.00 bits per heavy atom. The molecule has 1 atom stereocenters. The Hall–Kier alpha value is -0.820. The van der Waals surface area contributed by atoms with E-state index in [1.807, 2.05) is 11.6 Å². The molecule has 2 rings (SSSR count). The Labute approximate surface area is 93.4 Å². The monoisotopic (exact) mass is 273 g/mol. The molecule has 0 radical (unpaired) electrons. The summed E-state index contributed by atoms with van der Waals surface area (Å²) in [5, 5.41) is 11.6. The maximum atomic E-state index is 4.00. The highest BCUT2D eigenvalue weighted by Crippen LogP contribution is 2.20. The first-order valence-corrected chi connectivity index (χ1v) is 5.75. The van der Waals surface area contributed by atoms with Crippen molar-refractivity contribution in [1.29, 1.82) is 0 Å². The molecule has 0 aliphatic heterocycles. The predicted molar refractivity (Wildman–Crippen MR) is 56.4 cm³/mol. The van der Waals surface area contributed by atoms with Crippen LogP contribution in [0.15, 0.2) is 12.4 Å². The van der Waals surface area contributed by atoms with Crippen LogP contribution in [0.5, 0.6) is 0 Å². The molecule has 0 N–H and O–H groups in total. The summed E-state index contributed by atoms with van der Waals surface area (Å²) in [7, 11) is 0. The van der Waals surface area contributed by atoms with Gasteiger partial charge in [-0.15, -0.1) is 10.2 Å². The number of alkyl halides is 1. The van der Waals surface area contributed by atoms with Crippen LogP contribution in [0.25, 0.3) is 0 Å². The van der Waals surface area contributed by atoms with E-state index >= 15 is 0 Å². The van der Waals surface area contributed by atoms with E-state index < -0.39 is 0 Å². The fourth-order valence-electron chi connectivity index (χ4n) is 1.10. The molecule has 0 bridgehead atoms. The van der Waals surface area contributed by atoms with E-state index in [-0.39, 0.29) is 4.83 Å². The van der Waals surface area contributed by atoms with Gasteiger partial charge in [-0.05, 0) is 18.5 Å². The fraction of sp³-hybridized carbons (Fsp3) is 0.429. The Kier molecular flexibility index (Phi) is 2.87. The normalized spacial score (nSPS) is 13.0. The van der Waals surface area contributed by atoms with E-state index in [0.29, 0.717) is 6.54 Å². The molecule has 14 heavy (non-hydrogen) atoms. The average molecular weight is 274 g/mol. The summed E-state index contributed by atoms with van der Waals surface area (Å²) in [6.07, 6.45) is 3.50. The summed E-state index contributed by atoms with van der Waals surface area (Å²) in [6.45, 7) is 2.73. The zero-order valence-corrected chi connectivity index (χ0v) is 9.86. The summed E-state index contributed by atoms with van der Waals surface area (Å²) in [4.78, 5) is 1.32. The lowest BCUT2D eigenvalue weighted by atomic mass is 10.3. The van der Waals surface area contributed by atoms with Gasteiger partial charge in [-0.2, -0.15) is 0 Å². The molecule has 74 valence electrons. The number of hydrogen-bond donors (Lipinski definition) is 0. The van der Waals surface area contributed by atoms with Crippen molar-refractivity contribution < 1.29 is 0 Å². The predicted octanol–water partition coefficient (Wildman–Crippen LogP) is 1.63. The number of aromatic nitrogens is 5. The molecule has 7 heteroatoms. The van der Waals surface area contributed by atoms with Gasteiger partial charge in [0.15, 0.2) is 0 Å². The zero-order chi connectivity index (χ0) is 9.97. The van der Waals surface area contributed by atoms with Crippen molar-refractivity contribution >= 4 is 27.5 Å². The van der Waals surface area contributed by atoms with Gasteiger partial charge in [0.2, 0.25) is 0 Å². The van der Waals surface area contributed by atoms with Crippen LogP contribution < -0.4 is 0 Å². The highest BCUT2D eigenvalue weighted by molar-refractivity contribution is 9.09. The molecular weight excluding hydrogens is 266 g/mol. The molecular formula is C7H8BrN5S. The minimum Gasteiger partial charge on any atom is -0.243 e. The molecule has 0 spiro atoms. The Morgan fingerprint density at radius 1 is 1.50 bits per heavy atom. The molecule has 1 unspecified atom stereocenters. The standard InChI is InChI=1S/C7H8BrN5S/c1-5(8)7-3-9-11-13(7)4-6-2-10-12-14-6/h2-3,5H,4H2,1H3. The van der Waals surface area contributed by atoms with Crippen molar-refractivity contribution in [2.45, 2.75) is 18.3 Å². The van der Waals surface area contributed by atoms with Gasteiger partial charge in [0.25, 0.3) is 0 Å². The van der Waals surface area contributed by atoms with Crippen molar-refractivity contribution in [3.63, 3.8) is 0 Å². The molecule has 2 heterocycles. The summed E-state index contributed by atoms with van der Waals surface area (Å²) in [6, 6.07) is 0. The Bertz CT molecular complexity index is 396. The van der Waals surface area contributed by atoms with Gasteiger partial charge in [0.1, 0.15) is 0 Å². The molecule has 0 aliphatic rings. The zero-order valence-electron chi connectivity index (χ0n) is 7.46. The van der Waals surface area contributed by atoms with Crippen LogP contribution in [-0.4, -0.2) is 24.6 Å². The van der Waals surface area contributed by atoms with E-state index in [0.717, 1.165) is 10.6 Å². The second-order valence-corrected chi connectivity index (χ2v) is 5.06. The van der Waals surface area contributed by atoms with Crippen molar-refractivity contribution in [2.24, 2.45) is 0 Å². The summed E-state index contributed by atoms with van der Waals surface area (Å²) in [5.41, 5.74) is 1.05. The molecule has 5 nitrogen and oxygen atoms in total. The maximum absolute atomic E-state index is 4.00. The van der Waals surface area contributed by atoms with Crippen LogP contribution in [-0.2, 0) is 6.54 Å². The van der Waals surface area contributed by atoms with E-state index in [4.69, 9.17) is 0 Å². The van der Waals surface area contributed by atoms with Crippen LogP contribution >= 0.6 is 27.5 Å². The minimum absolute atomic E-state index is 0.249. The van der Waals surface area contributed by atoms with Crippen molar-refractivity contribution in [1.82, 2.24) is 24.6 Å². The first-order valence-electron chi connectivity index (χ1n) is 4.06. The van der Waals surface area contributed by atoms with E-state index in [1.54, 1.807) is 12.4 Å². The fourth-order valence-corrected chi connectivity index (χ4v) is 1.93. The molecule has 0 aromatic carbocycles. The largest absolute Gasteiger partial charge is 0.243 e. The van der Waals surface area contributed by atoms with Gasteiger partial charge < -0.3 is 0 Å². The van der Waals surface area contributed by atoms with Gasteiger partial charge in [0.05, 0.1) is 34.3 Å². The lowest BCUT2D eigenvalue weighted by Crippen LogP contribution is -2.05. The molecule has 0 saturated heterocycles. The quantitative estimate of drug-likeness (QED) is 0.798. The van der Waals surface area contributed by atoms with Crippen LogP contribution in [0.3, 0.4) is 0 Å². The maximum Gasteiger partial charge on any atom is 0.0805 e. The lowest BCUT2D eigenvalue weighted by molar-refractivity contribution is 0.626. The SMILES string of the molecule is CC(Br)c1cnnn1Cc1cnns1. The summed E-state index contributed by atoms with van der Waals surface area (Å²) in [5.74, 6) is 0. The molecule has 0 saturated carbocycles. The highest BCUT2D eigenvalue weighted by Gasteiger charge is 2.10. The van der Waals surface area contributed by atoms with Crippen LogP contribution in [0.2, 0.25) is 0 Å². The van der Waals surface area contributed by atoms with Gasteiger partial charge in [-0.3, -0.25) is 0 Å². The second kappa shape index (κ2) is 4.14. The first kappa shape index (κ1) is 9.72. The van der Waals surface area contributed by atoms with Gasteiger partial charge in [-0.1, -0.05) is 25.6 Å². The van der Waals surface area contributed by atoms with Crippen molar-refractivity contribution in [2.75, 3.05) is 0 Å². The lowest BCUT2D eigenvalue weighted by Gasteiger charge is -2.04. The number of rotatable bonds is 3. The first-order chi connectivity index (χ1) is 6.77. The van der Waals surface area contributed by atoms with Crippen LogP contribution in [0.4, 0.5) is 0 Å². The molecule has 0 fully saturated rings. The van der Waals surface area contributed by atoms with E-state index in [9.17, 15) is 0 Å². The Balaban J connectivity index is 2.21.